The lowest BCUT2D eigenvalue weighted by molar-refractivity contribution is -0.158. The molecule has 1 atom stereocenters. The van der Waals surface area contributed by atoms with Crippen molar-refractivity contribution in [2.45, 2.75) is 58.7 Å². The third kappa shape index (κ3) is 2.55. The smallest absolute Gasteiger partial charge is 0.246 e. The number of carbonyl (C=O) groups is 2. The molecule has 21 heavy (non-hydrogen) atoms. The molecule has 2 amide bonds. The van der Waals surface area contributed by atoms with Crippen LogP contribution in [0, 0.1) is 6.92 Å². The van der Waals surface area contributed by atoms with Gasteiger partial charge in [0.05, 0.1) is 0 Å². The minimum absolute atomic E-state index is 0.00144. The maximum absolute atomic E-state index is 12.6. The van der Waals surface area contributed by atoms with Gasteiger partial charge in [-0.2, -0.15) is 0 Å². The Morgan fingerprint density at radius 2 is 1.81 bits per heavy atom. The summed E-state index contributed by atoms with van der Waals surface area (Å²) in [6.07, 6.45) is 1.25. The van der Waals surface area contributed by atoms with E-state index in [1.165, 1.54) is 0 Å². The number of amides is 2. The molecule has 1 saturated heterocycles. The lowest BCUT2D eigenvalue weighted by Gasteiger charge is -2.47. The van der Waals surface area contributed by atoms with E-state index in [-0.39, 0.29) is 11.8 Å². The summed E-state index contributed by atoms with van der Waals surface area (Å²) in [5.41, 5.74) is 1.51. The van der Waals surface area contributed by atoms with Crippen LogP contribution in [-0.4, -0.2) is 28.3 Å². The Labute approximate surface area is 126 Å². The number of benzene rings is 1. The van der Waals surface area contributed by atoms with Crippen molar-refractivity contribution >= 4 is 11.8 Å². The molecule has 0 spiro atoms. The molecule has 0 aliphatic carbocycles. The van der Waals surface area contributed by atoms with Crippen LogP contribution in [0.5, 0.6) is 0 Å². The first kappa shape index (κ1) is 15.5. The highest BCUT2D eigenvalue weighted by molar-refractivity contribution is 5.99. The van der Waals surface area contributed by atoms with Crippen molar-refractivity contribution in [3.05, 3.63) is 35.4 Å². The van der Waals surface area contributed by atoms with E-state index in [1.54, 1.807) is 11.8 Å². The van der Waals surface area contributed by atoms with E-state index in [1.807, 2.05) is 45.0 Å². The molecule has 1 N–H and O–H groups in total. The Morgan fingerprint density at radius 1 is 1.19 bits per heavy atom. The molecule has 1 aliphatic rings. The SMILES string of the molecule is CCC1(CC)C(=O)NC(C)C(=O)N1Cc1ccccc1C. The van der Waals surface area contributed by atoms with Gasteiger partial charge < -0.3 is 10.2 Å². The van der Waals surface area contributed by atoms with Crippen molar-refractivity contribution < 1.29 is 9.59 Å². The molecule has 0 radical (unpaired) electrons. The Balaban J connectivity index is 2.42. The van der Waals surface area contributed by atoms with Crippen LogP contribution < -0.4 is 5.32 Å². The van der Waals surface area contributed by atoms with E-state index in [2.05, 4.69) is 5.32 Å². The van der Waals surface area contributed by atoms with Crippen LogP contribution in [0.25, 0.3) is 0 Å². The Morgan fingerprint density at radius 3 is 2.38 bits per heavy atom. The molecule has 0 aromatic heterocycles. The number of nitrogens with zero attached hydrogens (tertiary/aromatic N) is 1. The van der Waals surface area contributed by atoms with Crippen molar-refractivity contribution in [2.75, 3.05) is 0 Å². The molecule has 1 fully saturated rings. The zero-order valence-corrected chi connectivity index (χ0v) is 13.3. The van der Waals surface area contributed by atoms with Gasteiger partial charge in [-0.25, -0.2) is 0 Å². The van der Waals surface area contributed by atoms with Crippen LogP contribution in [-0.2, 0) is 16.1 Å². The fourth-order valence-corrected chi connectivity index (χ4v) is 3.10. The topological polar surface area (TPSA) is 49.4 Å². The van der Waals surface area contributed by atoms with Crippen molar-refractivity contribution in [3.8, 4) is 0 Å². The van der Waals surface area contributed by atoms with E-state index < -0.39 is 11.6 Å². The molecule has 114 valence electrons. The summed E-state index contributed by atoms with van der Waals surface area (Å²) >= 11 is 0. The maximum Gasteiger partial charge on any atom is 0.246 e. The molecular formula is C17H24N2O2. The van der Waals surface area contributed by atoms with E-state index >= 15 is 0 Å². The van der Waals surface area contributed by atoms with E-state index in [0.29, 0.717) is 19.4 Å². The molecule has 1 aromatic carbocycles. The highest BCUT2D eigenvalue weighted by atomic mass is 16.2. The summed E-state index contributed by atoms with van der Waals surface area (Å²) < 4.78 is 0. The number of rotatable bonds is 4. The molecule has 4 heteroatoms. The van der Waals surface area contributed by atoms with Gasteiger partial charge in [-0.3, -0.25) is 9.59 Å². The quantitative estimate of drug-likeness (QED) is 0.925. The fraction of sp³-hybridized carbons (Fsp3) is 0.529. The molecule has 1 aromatic rings. The average Bonchev–Trinajstić information content (AvgIpc) is 2.47. The number of nitrogens with one attached hydrogen (secondary N) is 1. The van der Waals surface area contributed by atoms with Gasteiger partial charge in [0.25, 0.3) is 0 Å². The van der Waals surface area contributed by atoms with Crippen LogP contribution >= 0.6 is 0 Å². The van der Waals surface area contributed by atoms with Gasteiger partial charge in [0.2, 0.25) is 11.8 Å². The van der Waals surface area contributed by atoms with Crippen LogP contribution in [0.4, 0.5) is 0 Å². The first-order valence-electron chi connectivity index (χ1n) is 7.63. The minimum atomic E-state index is -0.730. The predicted molar refractivity (Wildman–Crippen MR) is 82.6 cm³/mol. The molecule has 4 nitrogen and oxygen atoms in total. The van der Waals surface area contributed by atoms with E-state index in [0.717, 1.165) is 11.1 Å². The first-order chi connectivity index (χ1) is 9.96. The second kappa shape index (κ2) is 5.88. The van der Waals surface area contributed by atoms with Gasteiger partial charge in [-0.15, -0.1) is 0 Å². The van der Waals surface area contributed by atoms with Gasteiger partial charge in [0, 0.05) is 6.54 Å². The zero-order valence-electron chi connectivity index (χ0n) is 13.3. The molecule has 1 unspecified atom stereocenters. The normalized spacial score (nSPS) is 21.3. The summed E-state index contributed by atoms with van der Waals surface area (Å²) in [7, 11) is 0. The number of hydrogen-bond acceptors (Lipinski definition) is 2. The minimum Gasteiger partial charge on any atom is -0.343 e. The van der Waals surface area contributed by atoms with Gasteiger partial charge in [0.15, 0.2) is 0 Å². The molecule has 2 rings (SSSR count). The third-order valence-electron chi connectivity index (χ3n) is 4.68. The average molecular weight is 288 g/mol. The summed E-state index contributed by atoms with van der Waals surface area (Å²) in [6, 6.07) is 7.56. The van der Waals surface area contributed by atoms with Crippen LogP contribution in [0.1, 0.15) is 44.7 Å². The lowest BCUT2D eigenvalue weighted by atomic mass is 9.85. The molecular weight excluding hydrogens is 264 g/mol. The van der Waals surface area contributed by atoms with Crippen LogP contribution in [0.15, 0.2) is 24.3 Å². The Hall–Kier alpha value is -1.84. The Bertz CT molecular complexity index is 549. The molecule has 0 bridgehead atoms. The molecule has 1 aliphatic heterocycles. The van der Waals surface area contributed by atoms with Crippen molar-refractivity contribution in [1.82, 2.24) is 10.2 Å². The lowest BCUT2D eigenvalue weighted by Crippen LogP contribution is -2.69. The zero-order chi connectivity index (χ0) is 15.6. The highest BCUT2D eigenvalue weighted by Crippen LogP contribution is 2.31. The van der Waals surface area contributed by atoms with Crippen molar-refractivity contribution in [3.63, 3.8) is 0 Å². The largest absolute Gasteiger partial charge is 0.343 e. The van der Waals surface area contributed by atoms with Gasteiger partial charge in [-0.1, -0.05) is 38.1 Å². The highest BCUT2D eigenvalue weighted by Gasteiger charge is 2.49. The second-order valence-corrected chi connectivity index (χ2v) is 5.78. The van der Waals surface area contributed by atoms with Crippen molar-refractivity contribution in [1.29, 1.82) is 0 Å². The van der Waals surface area contributed by atoms with Gasteiger partial charge in [0.1, 0.15) is 11.6 Å². The van der Waals surface area contributed by atoms with Crippen LogP contribution in [0.2, 0.25) is 0 Å². The van der Waals surface area contributed by atoms with Gasteiger partial charge >= 0.3 is 0 Å². The maximum atomic E-state index is 12.6. The standard InChI is InChI=1S/C17H24N2O2/c1-5-17(6-2)16(21)18-13(4)15(20)19(17)11-14-10-8-7-9-12(14)3/h7-10,13H,5-6,11H2,1-4H3,(H,18,21). The van der Waals surface area contributed by atoms with E-state index in [4.69, 9.17) is 0 Å². The summed E-state index contributed by atoms with van der Waals surface area (Å²) in [4.78, 5) is 26.9. The summed E-state index contributed by atoms with van der Waals surface area (Å²) in [5, 5.41) is 2.82. The second-order valence-electron chi connectivity index (χ2n) is 5.78. The van der Waals surface area contributed by atoms with Crippen molar-refractivity contribution in [2.24, 2.45) is 0 Å². The third-order valence-corrected chi connectivity index (χ3v) is 4.68. The first-order valence-corrected chi connectivity index (χ1v) is 7.63. The van der Waals surface area contributed by atoms with Gasteiger partial charge in [-0.05, 0) is 37.8 Å². The Kier molecular flexibility index (Phi) is 4.35. The number of aryl methyl sites for hydroxylation is 1. The fourth-order valence-electron chi connectivity index (χ4n) is 3.10. The molecule has 0 saturated carbocycles. The molecule has 1 heterocycles. The summed E-state index contributed by atoms with van der Waals surface area (Å²) in [6.45, 7) is 8.21. The number of hydrogen-bond donors (Lipinski definition) is 1. The number of piperazine rings is 1. The predicted octanol–water partition coefficient (Wildman–Crippen LogP) is 2.40. The van der Waals surface area contributed by atoms with E-state index in [9.17, 15) is 9.59 Å². The van der Waals surface area contributed by atoms with Crippen LogP contribution in [0.3, 0.4) is 0 Å². The summed E-state index contributed by atoms with van der Waals surface area (Å²) in [5.74, 6) is -0.0327. The number of carbonyl (C=O) groups excluding carboxylic acids is 2. The monoisotopic (exact) mass is 288 g/mol.